The van der Waals surface area contributed by atoms with E-state index >= 15 is 0 Å². The number of hydrogen-bond acceptors (Lipinski definition) is 5. The maximum atomic E-state index is 6.05. The fourth-order valence-electron chi connectivity index (χ4n) is 2.33. The van der Waals surface area contributed by atoms with E-state index < -0.39 is 0 Å². The van der Waals surface area contributed by atoms with E-state index in [1.165, 1.54) is 5.56 Å². The van der Waals surface area contributed by atoms with Gasteiger partial charge in [0.1, 0.15) is 5.82 Å². The van der Waals surface area contributed by atoms with Crippen LogP contribution in [-0.2, 0) is 4.74 Å². The molecule has 0 radical (unpaired) electrons. The van der Waals surface area contributed by atoms with Crippen LogP contribution in [0.5, 0.6) is 0 Å². The van der Waals surface area contributed by atoms with Gasteiger partial charge in [-0.15, -0.1) is 0 Å². The van der Waals surface area contributed by atoms with Crippen LogP contribution in [0.3, 0.4) is 0 Å². The molecule has 2 heterocycles. The Morgan fingerprint density at radius 3 is 3.11 bits per heavy atom. The Labute approximate surface area is 113 Å². The number of anilines is 1. The van der Waals surface area contributed by atoms with Crippen LogP contribution in [0, 0.1) is 6.92 Å². The zero-order chi connectivity index (χ0) is 13.0. The largest absolute Gasteiger partial charge is 0.383 e. The van der Waals surface area contributed by atoms with Crippen LogP contribution < -0.4 is 11.1 Å². The van der Waals surface area contributed by atoms with Gasteiger partial charge in [-0.05, 0) is 25.1 Å². The van der Waals surface area contributed by atoms with E-state index in [0.717, 1.165) is 30.2 Å². The quantitative estimate of drug-likeness (QED) is 0.870. The summed E-state index contributed by atoms with van der Waals surface area (Å²) in [7, 11) is 0. The van der Waals surface area contributed by atoms with E-state index in [2.05, 4.69) is 24.1 Å². The smallest absolute Gasteiger partial charge is 0.128 e. The van der Waals surface area contributed by atoms with E-state index in [-0.39, 0.29) is 12.1 Å². The lowest BCUT2D eigenvalue weighted by atomic mass is 9.98. The highest BCUT2D eigenvalue weighted by Gasteiger charge is 2.28. The van der Waals surface area contributed by atoms with Crippen molar-refractivity contribution in [3.8, 4) is 0 Å². The maximum Gasteiger partial charge on any atom is 0.128 e. The van der Waals surface area contributed by atoms with Crippen LogP contribution in [0.1, 0.15) is 24.1 Å². The van der Waals surface area contributed by atoms with Crippen LogP contribution in [0.4, 0.5) is 5.82 Å². The normalized spacial score (nSPS) is 21.8. The first-order valence-electron chi connectivity index (χ1n) is 6.37. The molecule has 4 nitrogen and oxygen atoms in total. The number of pyridine rings is 1. The number of ether oxygens (including phenoxy) is 1. The number of nitrogens with two attached hydrogens (primary N) is 1. The predicted molar refractivity (Wildman–Crippen MR) is 76.9 cm³/mol. The highest BCUT2D eigenvalue weighted by molar-refractivity contribution is 7.99. The van der Waals surface area contributed by atoms with Gasteiger partial charge < -0.3 is 15.8 Å². The molecule has 0 amide bonds. The summed E-state index contributed by atoms with van der Waals surface area (Å²) in [4.78, 5) is 4.21. The number of nitrogen functional groups attached to an aromatic ring is 1. The topological polar surface area (TPSA) is 60.2 Å². The Balaban J connectivity index is 2.28. The van der Waals surface area contributed by atoms with Gasteiger partial charge in [-0.3, -0.25) is 0 Å². The second-order valence-corrected chi connectivity index (χ2v) is 5.60. The number of thioether (sulfide) groups is 1. The SMILES string of the molecule is CCNC(c1c(C)ccnc1N)C1CSCCO1. The molecule has 0 aromatic carbocycles. The number of hydrogen-bond donors (Lipinski definition) is 2. The summed E-state index contributed by atoms with van der Waals surface area (Å²) >= 11 is 1.94. The summed E-state index contributed by atoms with van der Waals surface area (Å²) in [5, 5.41) is 3.49. The molecule has 1 saturated heterocycles. The van der Waals surface area contributed by atoms with E-state index in [1.807, 2.05) is 17.8 Å². The molecule has 100 valence electrons. The fraction of sp³-hybridized carbons (Fsp3) is 0.615. The number of aromatic nitrogens is 1. The van der Waals surface area contributed by atoms with Crippen LogP contribution in [-0.4, -0.2) is 35.7 Å². The molecule has 18 heavy (non-hydrogen) atoms. The average molecular weight is 267 g/mol. The van der Waals surface area contributed by atoms with Crippen molar-refractivity contribution in [1.82, 2.24) is 10.3 Å². The minimum Gasteiger partial charge on any atom is -0.383 e. The molecule has 1 aliphatic heterocycles. The van der Waals surface area contributed by atoms with Crippen molar-refractivity contribution >= 4 is 17.6 Å². The van der Waals surface area contributed by atoms with Gasteiger partial charge in [0.25, 0.3) is 0 Å². The molecule has 0 aliphatic carbocycles. The monoisotopic (exact) mass is 267 g/mol. The number of aryl methyl sites for hydroxylation is 1. The van der Waals surface area contributed by atoms with Crippen molar-refractivity contribution in [1.29, 1.82) is 0 Å². The second kappa shape index (κ2) is 6.41. The molecule has 2 atom stereocenters. The predicted octanol–water partition coefficient (Wildman–Crippen LogP) is 1.75. The zero-order valence-electron chi connectivity index (χ0n) is 11.0. The van der Waals surface area contributed by atoms with Gasteiger partial charge >= 0.3 is 0 Å². The molecule has 0 saturated carbocycles. The molecule has 1 aliphatic rings. The number of nitrogens with one attached hydrogen (secondary N) is 1. The molecular weight excluding hydrogens is 246 g/mol. The highest BCUT2D eigenvalue weighted by atomic mass is 32.2. The van der Waals surface area contributed by atoms with Gasteiger partial charge in [-0.1, -0.05) is 6.92 Å². The van der Waals surface area contributed by atoms with Gasteiger partial charge in [0, 0.05) is 23.3 Å². The standard InChI is InChI=1S/C13H21N3OS/c1-3-15-12(10-8-18-7-6-17-10)11-9(2)4-5-16-13(11)14/h4-5,10,12,15H,3,6-8H2,1-2H3,(H2,14,16). The Kier molecular flexibility index (Phi) is 4.86. The van der Waals surface area contributed by atoms with E-state index in [4.69, 9.17) is 10.5 Å². The van der Waals surface area contributed by atoms with Crippen LogP contribution in [0.25, 0.3) is 0 Å². The van der Waals surface area contributed by atoms with Gasteiger partial charge in [-0.25, -0.2) is 4.98 Å². The van der Waals surface area contributed by atoms with Crippen LogP contribution in [0.2, 0.25) is 0 Å². The average Bonchev–Trinajstić information content (AvgIpc) is 2.38. The van der Waals surface area contributed by atoms with Crippen LogP contribution >= 0.6 is 11.8 Å². The summed E-state index contributed by atoms with van der Waals surface area (Å²) < 4.78 is 5.89. The first kappa shape index (κ1) is 13.6. The van der Waals surface area contributed by atoms with E-state index in [0.29, 0.717) is 5.82 Å². The molecule has 2 unspecified atom stereocenters. The molecule has 1 aromatic rings. The number of nitrogens with zero attached hydrogens (tertiary/aromatic N) is 1. The lowest BCUT2D eigenvalue weighted by Crippen LogP contribution is -2.39. The molecule has 0 bridgehead atoms. The Morgan fingerprint density at radius 1 is 1.67 bits per heavy atom. The lowest BCUT2D eigenvalue weighted by molar-refractivity contribution is 0.0471. The second-order valence-electron chi connectivity index (χ2n) is 4.45. The third-order valence-corrected chi connectivity index (χ3v) is 4.21. The van der Waals surface area contributed by atoms with Crippen molar-refractivity contribution in [2.45, 2.75) is 26.0 Å². The zero-order valence-corrected chi connectivity index (χ0v) is 11.8. The van der Waals surface area contributed by atoms with Gasteiger partial charge in [-0.2, -0.15) is 11.8 Å². The molecule has 1 fully saturated rings. The third kappa shape index (κ3) is 2.96. The Bertz CT molecular complexity index is 374. The molecule has 1 aromatic heterocycles. The van der Waals surface area contributed by atoms with E-state index in [9.17, 15) is 0 Å². The van der Waals surface area contributed by atoms with E-state index in [1.54, 1.807) is 6.20 Å². The summed E-state index contributed by atoms with van der Waals surface area (Å²) in [5.74, 6) is 2.70. The van der Waals surface area contributed by atoms with Crippen molar-refractivity contribution in [3.05, 3.63) is 23.4 Å². The molecule has 5 heteroatoms. The minimum absolute atomic E-state index is 0.136. The highest BCUT2D eigenvalue weighted by Crippen LogP contribution is 2.30. The number of rotatable bonds is 4. The molecular formula is C13H21N3OS. The van der Waals surface area contributed by atoms with Crippen molar-refractivity contribution in [2.24, 2.45) is 0 Å². The summed E-state index contributed by atoms with van der Waals surface area (Å²) in [6.45, 7) is 5.89. The summed E-state index contributed by atoms with van der Waals surface area (Å²) in [6.07, 6.45) is 1.93. The summed E-state index contributed by atoms with van der Waals surface area (Å²) in [6, 6.07) is 2.14. The first-order valence-corrected chi connectivity index (χ1v) is 7.53. The third-order valence-electron chi connectivity index (χ3n) is 3.19. The number of likely N-dealkylation sites (N-methyl/N-ethyl adjacent to an activating group) is 1. The molecule has 2 rings (SSSR count). The minimum atomic E-state index is 0.136. The lowest BCUT2D eigenvalue weighted by Gasteiger charge is -2.32. The fourth-order valence-corrected chi connectivity index (χ4v) is 3.23. The van der Waals surface area contributed by atoms with Gasteiger partial charge in [0.15, 0.2) is 0 Å². The Morgan fingerprint density at radius 2 is 2.50 bits per heavy atom. The van der Waals surface area contributed by atoms with Crippen LogP contribution in [0.15, 0.2) is 12.3 Å². The van der Waals surface area contributed by atoms with Crippen molar-refractivity contribution in [2.75, 3.05) is 30.4 Å². The first-order chi connectivity index (χ1) is 8.74. The maximum absolute atomic E-state index is 6.05. The summed E-state index contributed by atoms with van der Waals surface area (Å²) in [5.41, 5.74) is 8.31. The molecule has 0 spiro atoms. The van der Waals surface area contributed by atoms with Gasteiger partial charge in [0.05, 0.1) is 18.8 Å². The Hall–Kier alpha value is -0.780. The van der Waals surface area contributed by atoms with Gasteiger partial charge in [0.2, 0.25) is 0 Å². The van der Waals surface area contributed by atoms with Crippen molar-refractivity contribution in [3.63, 3.8) is 0 Å². The molecule has 3 N–H and O–H groups in total. The van der Waals surface area contributed by atoms with Crippen molar-refractivity contribution < 1.29 is 4.74 Å².